The van der Waals surface area contributed by atoms with Gasteiger partial charge in [0.1, 0.15) is 5.75 Å². The van der Waals surface area contributed by atoms with E-state index in [1.165, 1.54) is 18.4 Å². The highest BCUT2D eigenvalue weighted by Gasteiger charge is 2.19. The van der Waals surface area contributed by atoms with Crippen molar-refractivity contribution in [2.45, 2.75) is 6.92 Å². The van der Waals surface area contributed by atoms with Gasteiger partial charge in [-0.3, -0.25) is 4.79 Å². The highest BCUT2D eigenvalue weighted by Crippen LogP contribution is 2.32. The lowest BCUT2D eigenvalue weighted by atomic mass is 10.0. The molecule has 0 atom stereocenters. The number of esters is 1. The van der Waals surface area contributed by atoms with Crippen LogP contribution in [-0.4, -0.2) is 30.5 Å². The van der Waals surface area contributed by atoms with Crippen LogP contribution in [0.3, 0.4) is 0 Å². The summed E-state index contributed by atoms with van der Waals surface area (Å²) in [6.45, 7) is 1.48. The van der Waals surface area contributed by atoms with Gasteiger partial charge in [0.25, 0.3) is 0 Å². The molecule has 0 unspecified atom stereocenters. The molecule has 2 aromatic heterocycles. The van der Waals surface area contributed by atoms with Crippen LogP contribution in [0.4, 0.5) is 0 Å². The van der Waals surface area contributed by atoms with Gasteiger partial charge in [-0.25, -0.2) is 9.78 Å². The van der Waals surface area contributed by atoms with Crippen molar-refractivity contribution in [1.82, 2.24) is 4.98 Å². The van der Waals surface area contributed by atoms with E-state index >= 15 is 0 Å². The molecular formula is C24H18ClNO4S. The van der Waals surface area contributed by atoms with Crippen LogP contribution in [0, 0.1) is 6.92 Å². The van der Waals surface area contributed by atoms with Crippen LogP contribution in [0.5, 0.6) is 5.75 Å². The van der Waals surface area contributed by atoms with E-state index in [0.29, 0.717) is 38.5 Å². The molecule has 0 fully saturated rings. The van der Waals surface area contributed by atoms with Crippen molar-refractivity contribution in [3.8, 4) is 16.3 Å². The number of thiophene rings is 1. The predicted octanol–water partition coefficient (Wildman–Crippen LogP) is 5.97. The second-order valence-electron chi connectivity index (χ2n) is 6.83. The molecule has 4 rings (SSSR count). The summed E-state index contributed by atoms with van der Waals surface area (Å²) in [5.74, 6) is -0.350. The monoisotopic (exact) mass is 451 g/mol. The van der Waals surface area contributed by atoms with Crippen LogP contribution < -0.4 is 4.74 Å². The molecule has 31 heavy (non-hydrogen) atoms. The number of carbonyl (C=O) groups is 2. The number of hydrogen-bond donors (Lipinski definition) is 0. The Kier molecular flexibility index (Phi) is 6.02. The SMILES string of the molecule is COc1cccc(C(=O)COC(=O)c2cc(-c3cccs3)nc3c(C)c(Cl)ccc23)c1. The van der Waals surface area contributed by atoms with Gasteiger partial charge in [0.15, 0.2) is 12.4 Å². The summed E-state index contributed by atoms with van der Waals surface area (Å²) in [6, 6.07) is 15.7. The average molecular weight is 452 g/mol. The number of methoxy groups -OCH3 is 1. The number of carbonyl (C=O) groups excluding carboxylic acids is 2. The van der Waals surface area contributed by atoms with Gasteiger partial charge >= 0.3 is 5.97 Å². The van der Waals surface area contributed by atoms with Crippen molar-refractivity contribution >= 4 is 45.6 Å². The Balaban J connectivity index is 1.67. The summed E-state index contributed by atoms with van der Waals surface area (Å²) in [7, 11) is 1.53. The van der Waals surface area contributed by atoms with Gasteiger partial charge < -0.3 is 9.47 Å². The van der Waals surface area contributed by atoms with Crippen molar-refractivity contribution in [2.24, 2.45) is 0 Å². The maximum Gasteiger partial charge on any atom is 0.339 e. The highest BCUT2D eigenvalue weighted by molar-refractivity contribution is 7.13. The highest BCUT2D eigenvalue weighted by atomic mass is 35.5. The normalized spacial score (nSPS) is 10.8. The molecule has 0 aliphatic carbocycles. The fourth-order valence-corrected chi connectivity index (χ4v) is 4.05. The molecule has 0 bridgehead atoms. The lowest BCUT2D eigenvalue weighted by Crippen LogP contribution is -2.15. The molecule has 0 radical (unpaired) electrons. The van der Waals surface area contributed by atoms with E-state index in [1.54, 1.807) is 42.5 Å². The topological polar surface area (TPSA) is 65.5 Å². The third kappa shape index (κ3) is 4.31. The lowest BCUT2D eigenvalue weighted by molar-refractivity contribution is 0.0476. The van der Waals surface area contributed by atoms with Crippen LogP contribution in [0.1, 0.15) is 26.3 Å². The minimum absolute atomic E-state index is 0.316. The molecule has 2 heterocycles. The predicted molar refractivity (Wildman–Crippen MR) is 122 cm³/mol. The number of rotatable bonds is 6. The quantitative estimate of drug-likeness (QED) is 0.267. The molecular weight excluding hydrogens is 434 g/mol. The summed E-state index contributed by atoms with van der Waals surface area (Å²) in [4.78, 5) is 31.1. The van der Waals surface area contributed by atoms with E-state index in [0.717, 1.165) is 10.4 Å². The smallest absolute Gasteiger partial charge is 0.339 e. The van der Waals surface area contributed by atoms with Gasteiger partial charge in [0.2, 0.25) is 0 Å². The lowest BCUT2D eigenvalue weighted by Gasteiger charge is -2.12. The van der Waals surface area contributed by atoms with Gasteiger partial charge in [0.05, 0.1) is 28.8 Å². The van der Waals surface area contributed by atoms with E-state index in [-0.39, 0.29) is 12.4 Å². The van der Waals surface area contributed by atoms with Crippen LogP contribution in [0.25, 0.3) is 21.5 Å². The first-order valence-electron chi connectivity index (χ1n) is 9.46. The van der Waals surface area contributed by atoms with Gasteiger partial charge in [-0.2, -0.15) is 0 Å². The third-order valence-electron chi connectivity index (χ3n) is 4.89. The first kappa shape index (κ1) is 21.0. The second-order valence-corrected chi connectivity index (χ2v) is 8.19. The first-order chi connectivity index (χ1) is 15.0. The van der Waals surface area contributed by atoms with E-state index in [4.69, 9.17) is 26.1 Å². The number of hydrogen-bond acceptors (Lipinski definition) is 6. The van der Waals surface area contributed by atoms with Crippen LogP contribution in [0.2, 0.25) is 5.02 Å². The molecule has 0 saturated carbocycles. The van der Waals surface area contributed by atoms with Gasteiger partial charge in [-0.15, -0.1) is 11.3 Å². The molecule has 4 aromatic rings. The molecule has 0 spiro atoms. The van der Waals surface area contributed by atoms with Crippen LogP contribution in [0.15, 0.2) is 60.0 Å². The average Bonchev–Trinajstić information content (AvgIpc) is 3.34. The fraction of sp³-hybridized carbons (Fsp3) is 0.125. The number of benzene rings is 2. The number of ketones is 1. The number of halogens is 1. The maximum atomic E-state index is 13.0. The number of fused-ring (bicyclic) bond motifs is 1. The van der Waals surface area contributed by atoms with Crippen molar-refractivity contribution in [1.29, 1.82) is 0 Å². The molecule has 0 N–H and O–H groups in total. The number of Topliss-reactive ketones (excluding diaryl/α,β-unsaturated/α-hetero) is 1. The minimum atomic E-state index is -0.594. The summed E-state index contributed by atoms with van der Waals surface area (Å²) in [6.07, 6.45) is 0. The Morgan fingerprint density at radius 2 is 1.94 bits per heavy atom. The molecule has 156 valence electrons. The Labute approximate surface area is 188 Å². The summed E-state index contributed by atoms with van der Waals surface area (Å²) >= 11 is 7.80. The third-order valence-corrected chi connectivity index (χ3v) is 6.19. The fourth-order valence-electron chi connectivity index (χ4n) is 3.21. The minimum Gasteiger partial charge on any atom is -0.497 e. The van der Waals surface area contributed by atoms with E-state index in [2.05, 4.69) is 0 Å². The van der Waals surface area contributed by atoms with Crippen molar-refractivity contribution < 1.29 is 19.1 Å². The number of pyridine rings is 1. The molecule has 0 aliphatic rings. The number of ether oxygens (including phenoxy) is 2. The van der Waals surface area contributed by atoms with Crippen molar-refractivity contribution in [2.75, 3.05) is 13.7 Å². The Bertz CT molecular complexity index is 1280. The molecule has 0 aliphatic heterocycles. The summed E-state index contributed by atoms with van der Waals surface area (Å²) < 4.78 is 10.5. The molecule has 2 aromatic carbocycles. The maximum absolute atomic E-state index is 13.0. The molecule has 5 nitrogen and oxygen atoms in total. The molecule has 0 saturated heterocycles. The van der Waals surface area contributed by atoms with E-state index < -0.39 is 5.97 Å². The largest absolute Gasteiger partial charge is 0.497 e. The Morgan fingerprint density at radius 1 is 1.10 bits per heavy atom. The summed E-state index contributed by atoms with van der Waals surface area (Å²) in [5, 5.41) is 3.13. The van der Waals surface area contributed by atoms with Crippen molar-refractivity contribution in [3.63, 3.8) is 0 Å². The Morgan fingerprint density at radius 3 is 2.68 bits per heavy atom. The molecule has 0 amide bonds. The van der Waals surface area contributed by atoms with Gasteiger partial charge in [0, 0.05) is 16.0 Å². The van der Waals surface area contributed by atoms with Crippen LogP contribution in [-0.2, 0) is 4.74 Å². The Hall–Kier alpha value is -3.22. The van der Waals surface area contributed by atoms with Gasteiger partial charge in [-0.1, -0.05) is 35.9 Å². The number of nitrogens with zero attached hydrogens (tertiary/aromatic N) is 1. The zero-order chi connectivity index (χ0) is 22.0. The van der Waals surface area contributed by atoms with Crippen LogP contribution >= 0.6 is 22.9 Å². The van der Waals surface area contributed by atoms with E-state index in [9.17, 15) is 9.59 Å². The zero-order valence-corrected chi connectivity index (χ0v) is 18.4. The number of aryl methyl sites for hydroxylation is 1. The van der Waals surface area contributed by atoms with Crippen molar-refractivity contribution in [3.05, 3.63) is 81.7 Å². The first-order valence-corrected chi connectivity index (χ1v) is 10.7. The van der Waals surface area contributed by atoms with Gasteiger partial charge in [-0.05, 0) is 48.2 Å². The summed E-state index contributed by atoms with van der Waals surface area (Å²) in [5.41, 5.74) is 2.81. The second kappa shape index (κ2) is 8.88. The molecule has 7 heteroatoms. The number of aromatic nitrogens is 1. The standard InChI is InChI=1S/C24H18ClNO4S/c1-14-19(25)9-8-17-18(12-20(26-23(14)17)22-7-4-10-31-22)24(28)30-13-21(27)15-5-3-6-16(11-15)29-2/h3-12H,13H2,1-2H3. The zero-order valence-electron chi connectivity index (χ0n) is 16.8. The van der Waals surface area contributed by atoms with E-state index in [1.807, 2.05) is 24.4 Å².